The first kappa shape index (κ1) is 32.9. The summed E-state index contributed by atoms with van der Waals surface area (Å²) in [5.41, 5.74) is -0.243. The average Bonchev–Trinajstić information content (AvgIpc) is 3.74. The Hall–Kier alpha value is -3.03. The molecule has 0 radical (unpaired) electrons. The van der Waals surface area contributed by atoms with Crippen LogP contribution in [-0.2, 0) is 20.8 Å². The lowest BCUT2D eigenvalue weighted by Crippen LogP contribution is -3.09. The van der Waals surface area contributed by atoms with Gasteiger partial charge >= 0.3 is 0 Å². The molecule has 2 aliphatic heterocycles. The van der Waals surface area contributed by atoms with Gasteiger partial charge in [-0.15, -0.1) is 5.10 Å². The van der Waals surface area contributed by atoms with Crippen LogP contribution in [0, 0.1) is 17.5 Å². The second-order valence-electron chi connectivity index (χ2n) is 11.8. The lowest BCUT2D eigenvalue weighted by Gasteiger charge is -2.45. The molecular weight excluding hydrogens is 633 g/mol. The van der Waals surface area contributed by atoms with E-state index >= 15 is 0 Å². The molecule has 0 unspecified atom stereocenters. The second kappa shape index (κ2) is 14.0. The van der Waals surface area contributed by atoms with Crippen LogP contribution in [0.25, 0.3) is 11.3 Å². The molecule has 0 bridgehead atoms. The number of benzene rings is 1. The quantitative estimate of drug-likeness (QED) is 0.201. The van der Waals surface area contributed by atoms with Crippen LogP contribution >= 0.6 is 11.3 Å². The van der Waals surface area contributed by atoms with Crippen molar-refractivity contribution in [1.82, 2.24) is 24.9 Å². The standard InChI is InChI=1S/C29H35F3N6O7S/c30-17-9-15(10-18(31)23(17)32)19-13-38(35-34-19)24-25(41)22(14-39)45-27(26(24)42)28(43)37(20-3-1-2-4-21(20)40)12-16-11-33-29(46-16)36-5-7-44-8-6-36/h9-11,13,20-22,24-27,39-42H,1-8,12,14H2/p+1/t20-,21-,22+,24-,25-,26+,27+/m0/s1. The van der Waals surface area contributed by atoms with Gasteiger partial charge in [0.2, 0.25) is 0 Å². The molecular formula is C29H36F3N6O7S+. The van der Waals surface area contributed by atoms with Crippen molar-refractivity contribution in [2.75, 3.05) is 32.9 Å². The van der Waals surface area contributed by atoms with E-state index in [9.17, 15) is 38.4 Å². The van der Waals surface area contributed by atoms with Crippen LogP contribution < -0.4 is 4.90 Å². The van der Waals surface area contributed by atoms with Crippen molar-refractivity contribution >= 4 is 22.4 Å². The molecule has 17 heteroatoms. The molecule has 3 aliphatic rings. The van der Waals surface area contributed by atoms with Crippen LogP contribution in [0.1, 0.15) is 36.6 Å². The van der Waals surface area contributed by atoms with Gasteiger partial charge in [0.25, 0.3) is 11.0 Å². The molecule has 1 amide bonds. The highest BCUT2D eigenvalue weighted by Gasteiger charge is 2.51. The van der Waals surface area contributed by atoms with E-state index in [2.05, 4.69) is 15.3 Å². The summed E-state index contributed by atoms with van der Waals surface area (Å²) in [7, 11) is 0. The van der Waals surface area contributed by atoms with Gasteiger partial charge in [0, 0.05) is 16.6 Å². The van der Waals surface area contributed by atoms with Gasteiger partial charge in [0.05, 0.1) is 44.7 Å². The van der Waals surface area contributed by atoms with Crippen molar-refractivity contribution in [2.24, 2.45) is 0 Å². The number of nitrogens with zero attached hydrogens (tertiary/aromatic N) is 5. The third-order valence-corrected chi connectivity index (χ3v) is 9.97. The first-order valence-electron chi connectivity index (χ1n) is 15.2. The lowest BCUT2D eigenvalue weighted by molar-refractivity contribution is -0.842. The Bertz CT molecular complexity index is 1500. The molecule has 1 aliphatic carbocycles. The van der Waals surface area contributed by atoms with Gasteiger partial charge in [0.15, 0.2) is 23.6 Å². The van der Waals surface area contributed by atoms with Crippen LogP contribution in [0.5, 0.6) is 0 Å². The van der Waals surface area contributed by atoms with Crippen molar-refractivity contribution in [3.63, 3.8) is 0 Å². The predicted octanol–water partition coefficient (Wildman–Crippen LogP) is -0.280. The molecule has 3 aromatic rings. The van der Waals surface area contributed by atoms with E-state index in [-0.39, 0.29) is 17.8 Å². The number of nitrogens with one attached hydrogen (secondary N) is 1. The maximum atomic E-state index is 14.3. The zero-order valence-electron chi connectivity index (χ0n) is 24.7. The van der Waals surface area contributed by atoms with Crippen molar-refractivity contribution in [1.29, 1.82) is 0 Å². The molecule has 2 aromatic heterocycles. The first-order chi connectivity index (χ1) is 22.2. The van der Waals surface area contributed by atoms with E-state index < -0.39 is 72.6 Å². The number of halogens is 3. The second-order valence-corrected chi connectivity index (χ2v) is 12.9. The van der Waals surface area contributed by atoms with Crippen molar-refractivity contribution in [3.8, 4) is 11.3 Å². The summed E-state index contributed by atoms with van der Waals surface area (Å²) in [6.45, 7) is 2.13. The zero-order valence-corrected chi connectivity index (χ0v) is 25.5. The number of hydrogen-bond acceptors (Lipinski definition) is 11. The molecule has 5 N–H and O–H groups in total. The van der Waals surface area contributed by atoms with E-state index in [4.69, 9.17) is 9.47 Å². The Morgan fingerprint density at radius 1 is 1.09 bits per heavy atom. The molecule has 1 saturated carbocycles. The Morgan fingerprint density at radius 3 is 2.50 bits per heavy atom. The van der Waals surface area contributed by atoms with E-state index in [1.54, 1.807) is 6.20 Å². The summed E-state index contributed by atoms with van der Waals surface area (Å²) in [4.78, 5) is 22.3. The molecule has 7 atom stereocenters. The Morgan fingerprint density at radius 2 is 1.80 bits per heavy atom. The number of carbonyl (C=O) groups is 1. The number of morpholine rings is 1. The maximum absolute atomic E-state index is 14.3. The Balaban J connectivity index is 1.28. The number of thiazole rings is 1. The van der Waals surface area contributed by atoms with Crippen molar-refractivity contribution in [3.05, 3.63) is 46.9 Å². The summed E-state index contributed by atoms with van der Waals surface area (Å²) in [6.07, 6.45) is -1.59. The van der Waals surface area contributed by atoms with Gasteiger partial charge in [-0.25, -0.2) is 17.9 Å². The van der Waals surface area contributed by atoms with E-state index in [0.717, 1.165) is 52.8 Å². The van der Waals surface area contributed by atoms with Crippen molar-refractivity contribution < 1.29 is 52.8 Å². The van der Waals surface area contributed by atoms with Crippen LogP contribution in [0.3, 0.4) is 0 Å². The number of rotatable bonds is 8. The van der Waals surface area contributed by atoms with Gasteiger partial charge < -0.3 is 34.8 Å². The van der Waals surface area contributed by atoms with Gasteiger partial charge in [-0.3, -0.25) is 9.69 Å². The highest BCUT2D eigenvalue weighted by molar-refractivity contribution is 7.14. The third-order valence-electron chi connectivity index (χ3n) is 8.89. The first-order valence-corrected chi connectivity index (χ1v) is 16.0. The van der Waals surface area contributed by atoms with Gasteiger partial charge in [-0.1, -0.05) is 29.4 Å². The summed E-state index contributed by atoms with van der Waals surface area (Å²) in [5, 5.41) is 52.3. The van der Waals surface area contributed by atoms with E-state index in [0.29, 0.717) is 26.1 Å². The van der Waals surface area contributed by atoms with Gasteiger partial charge in [-0.2, -0.15) is 4.98 Å². The number of aliphatic hydroxyl groups excluding tert-OH is 4. The number of hydrogen-bond donors (Lipinski definition) is 5. The largest absolute Gasteiger partial charge is 0.394 e. The minimum Gasteiger partial charge on any atom is -0.394 e. The molecule has 2 saturated heterocycles. The summed E-state index contributed by atoms with van der Waals surface area (Å²) >= 11 is 1.44. The molecule has 46 heavy (non-hydrogen) atoms. The molecule has 13 nitrogen and oxygen atoms in total. The fourth-order valence-electron chi connectivity index (χ4n) is 6.40. The normalized spacial score (nSPS) is 29.2. The Kier molecular flexibility index (Phi) is 10.0. The maximum Gasteiger partial charge on any atom is 0.284 e. The van der Waals surface area contributed by atoms with E-state index in [1.165, 1.54) is 27.3 Å². The lowest BCUT2D eigenvalue weighted by atomic mass is 9.88. The molecule has 4 heterocycles. The molecule has 250 valence electrons. The zero-order chi connectivity index (χ0) is 32.5. The number of aliphatic hydroxyl groups is 4. The number of carbonyl (C=O) groups excluding carboxylic acids is 1. The van der Waals surface area contributed by atoms with Crippen molar-refractivity contribution in [2.45, 2.75) is 74.8 Å². The monoisotopic (exact) mass is 669 g/mol. The number of quaternary nitrogens is 1. The Labute approximate surface area is 265 Å². The molecule has 0 spiro atoms. The van der Waals surface area contributed by atoms with Crippen LogP contribution in [0.4, 0.5) is 18.3 Å². The highest BCUT2D eigenvalue weighted by atomic mass is 32.1. The molecule has 6 rings (SSSR count). The summed E-state index contributed by atoms with van der Waals surface area (Å²) < 4.78 is 53.6. The number of ether oxygens (including phenoxy) is 2. The minimum atomic E-state index is -1.72. The van der Waals surface area contributed by atoms with Crippen LogP contribution in [-0.4, -0.2) is 121 Å². The van der Waals surface area contributed by atoms with Crippen LogP contribution in [0.2, 0.25) is 0 Å². The SMILES string of the molecule is O=C([C@@H]1O[C@H](CO)[C@H](O)[C@H](n2cc(-c3cc(F)c(F)c(F)c3)nn2)[C@H]1O)N(Cc1cnc([NH+]2CCOCC2)s1)[C@H]1CCCC[C@@H]1O. The minimum absolute atomic E-state index is 0.0841. The molecule has 3 fully saturated rings. The fourth-order valence-corrected chi connectivity index (χ4v) is 7.41. The summed E-state index contributed by atoms with van der Waals surface area (Å²) in [5.74, 6) is -5.19. The number of aromatic nitrogens is 4. The fraction of sp³-hybridized carbons (Fsp3) is 0.586. The average molecular weight is 670 g/mol. The van der Waals surface area contributed by atoms with E-state index in [1.807, 2.05) is 0 Å². The highest BCUT2D eigenvalue weighted by Crippen LogP contribution is 2.34. The third kappa shape index (κ3) is 6.55. The smallest absolute Gasteiger partial charge is 0.284 e. The predicted molar refractivity (Wildman–Crippen MR) is 154 cm³/mol. The van der Waals surface area contributed by atoms with Gasteiger partial charge in [0.1, 0.15) is 43.1 Å². The topological polar surface area (TPSA) is 168 Å². The number of amides is 1. The molecule has 1 aromatic carbocycles. The van der Waals surface area contributed by atoms with Crippen LogP contribution in [0.15, 0.2) is 24.5 Å². The van der Waals surface area contributed by atoms with Gasteiger partial charge in [-0.05, 0) is 25.0 Å². The summed E-state index contributed by atoms with van der Waals surface area (Å²) in [6, 6.07) is -0.511.